The zero-order valence-electron chi connectivity index (χ0n) is 14.8. The van der Waals surface area contributed by atoms with Crippen LogP contribution in [0.5, 0.6) is 5.88 Å². The van der Waals surface area contributed by atoms with E-state index in [0.29, 0.717) is 16.7 Å². The van der Waals surface area contributed by atoms with Gasteiger partial charge in [-0.2, -0.15) is 4.98 Å². The highest BCUT2D eigenvalue weighted by atomic mass is 32.2. The van der Waals surface area contributed by atoms with Gasteiger partial charge in [0.25, 0.3) is 0 Å². The van der Waals surface area contributed by atoms with E-state index in [-0.39, 0.29) is 6.23 Å². The molecule has 0 radical (unpaired) electrons. The number of hydrogen-bond acceptors (Lipinski definition) is 6. The molecule has 0 amide bonds. The highest BCUT2D eigenvalue weighted by Crippen LogP contribution is 2.39. The summed E-state index contributed by atoms with van der Waals surface area (Å²) >= 11 is 1.60. The van der Waals surface area contributed by atoms with Gasteiger partial charge in [-0.3, -0.25) is 0 Å². The summed E-state index contributed by atoms with van der Waals surface area (Å²) in [5.74, 6) is 1.47. The van der Waals surface area contributed by atoms with Crippen LogP contribution in [0.25, 0.3) is 11.3 Å². The molecule has 2 aromatic carbocycles. The zero-order chi connectivity index (χ0) is 17.9. The summed E-state index contributed by atoms with van der Waals surface area (Å²) < 4.78 is 6.25. The Labute approximate surface area is 158 Å². The van der Waals surface area contributed by atoms with Crippen molar-refractivity contribution in [1.29, 1.82) is 0 Å². The summed E-state index contributed by atoms with van der Waals surface area (Å²) in [6.07, 6.45) is 0.723. The number of anilines is 1. The van der Waals surface area contributed by atoms with Gasteiger partial charge in [-0.05, 0) is 12.5 Å². The SMILES string of the molecule is Bc1ccc(C2Nc3ccccc3-c3nnc(SCCC)nc3O2)cc1. The zero-order valence-corrected chi connectivity index (χ0v) is 15.6. The largest absolute Gasteiger partial charge is 0.448 e. The van der Waals surface area contributed by atoms with E-state index in [0.717, 1.165) is 29.0 Å². The molecule has 1 aliphatic heterocycles. The second kappa shape index (κ2) is 7.37. The van der Waals surface area contributed by atoms with Crippen LogP contribution in [-0.2, 0) is 0 Å². The van der Waals surface area contributed by atoms with Crippen molar-refractivity contribution in [1.82, 2.24) is 15.2 Å². The number of fused-ring (bicyclic) bond motifs is 3. The molecule has 1 atom stereocenters. The van der Waals surface area contributed by atoms with Crippen LogP contribution in [0, 0.1) is 0 Å². The minimum atomic E-state index is -0.335. The fourth-order valence-corrected chi connectivity index (χ4v) is 3.43. The van der Waals surface area contributed by atoms with Gasteiger partial charge in [0.15, 0.2) is 11.9 Å². The summed E-state index contributed by atoms with van der Waals surface area (Å²) in [7, 11) is 2.07. The van der Waals surface area contributed by atoms with E-state index < -0.39 is 0 Å². The van der Waals surface area contributed by atoms with Crippen LogP contribution in [0.2, 0.25) is 0 Å². The van der Waals surface area contributed by atoms with Gasteiger partial charge in [-0.15, -0.1) is 10.2 Å². The molecule has 2 heterocycles. The Bertz CT molecular complexity index is 920. The molecular formula is C19H19BN4OS. The van der Waals surface area contributed by atoms with Gasteiger partial charge in [-0.1, -0.05) is 66.6 Å². The molecule has 130 valence electrons. The van der Waals surface area contributed by atoms with E-state index in [1.807, 2.05) is 24.3 Å². The first-order valence-electron chi connectivity index (χ1n) is 8.71. The van der Waals surface area contributed by atoms with Crippen LogP contribution in [0.4, 0.5) is 5.69 Å². The van der Waals surface area contributed by atoms with Crippen LogP contribution in [0.15, 0.2) is 53.7 Å². The number of ether oxygens (including phenoxy) is 1. The third-order valence-electron chi connectivity index (χ3n) is 4.15. The van der Waals surface area contributed by atoms with Crippen molar-refractivity contribution in [2.75, 3.05) is 11.1 Å². The average Bonchev–Trinajstić information content (AvgIpc) is 2.83. The smallest absolute Gasteiger partial charge is 0.247 e. The summed E-state index contributed by atoms with van der Waals surface area (Å²) in [4.78, 5) is 4.63. The second-order valence-electron chi connectivity index (χ2n) is 6.20. The Hall–Kier alpha value is -2.54. The van der Waals surface area contributed by atoms with Crippen molar-refractivity contribution in [2.45, 2.75) is 24.7 Å². The highest BCUT2D eigenvalue weighted by Gasteiger charge is 2.25. The maximum Gasteiger partial charge on any atom is 0.247 e. The quantitative estimate of drug-likeness (QED) is 0.569. The normalized spacial score (nSPS) is 15.2. The lowest BCUT2D eigenvalue weighted by molar-refractivity contribution is 0.225. The number of hydrogen-bond donors (Lipinski definition) is 1. The van der Waals surface area contributed by atoms with Gasteiger partial charge in [0, 0.05) is 22.6 Å². The Morgan fingerprint density at radius 2 is 1.92 bits per heavy atom. The van der Waals surface area contributed by atoms with Crippen LogP contribution in [0.3, 0.4) is 0 Å². The van der Waals surface area contributed by atoms with Crippen molar-refractivity contribution in [3.8, 4) is 17.1 Å². The van der Waals surface area contributed by atoms with Gasteiger partial charge in [0.05, 0.1) is 0 Å². The van der Waals surface area contributed by atoms with Gasteiger partial charge in [0.2, 0.25) is 11.0 Å². The molecule has 1 N–H and O–H groups in total. The lowest BCUT2D eigenvalue weighted by Crippen LogP contribution is -2.18. The minimum absolute atomic E-state index is 0.335. The molecule has 3 aromatic rings. The number of aromatic nitrogens is 3. The molecule has 1 unspecified atom stereocenters. The maximum absolute atomic E-state index is 6.25. The predicted molar refractivity (Wildman–Crippen MR) is 108 cm³/mol. The first-order chi connectivity index (χ1) is 12.7. The van der Waals surface area contributed by atoms with Crippen molar-refractivity contribution in [3.05, 3.63) is 54.1 Å². The number of para-hydroxylation sites is 1. The molecule has 1 aromatic heterocycles. The third kappa shape index (κ3) is 3.39. The fraction of sp³-hybridized carbons (Fsp3) is 0.211. The molecule has 0 aliphatic carbocycles. The van der Waals surface area contributed by atoms with Crippen molar-refractivity contribution < 1.29 is 4.74 Å². The number of rotatable bonds is 4. The predicted octanol–water partition coefficient (Wildman–Crippen LogP) is 2.80. The fourth-order valence-electron chi connectivity index (χ4n) is 2.79. The first-order valence-corrected chi connectivity index (χ1v) is 9.70. The number of nitrogens with zero attached hydrogens (tertiary/aromatic N) is 3. The molecular weight excluding hydrogens is 343 g/mol. The topological polar surface area (TPSA) is 59.9 Å². The lowest BCUT2D eigenvalue weighted by atomic mass is 9.95. The molecule has 0 saturated carbocycles. The van der Waals surface area contributed by atoms with E-state index in [1.165, 1.54) is 5.46 Å². The maximum atomic E-state index is 6.25. The van der Waals surface area contributed by atoms with Crippen LogP contribution < -0.4 is 15.5 Å². The standard InChI is InChI=1S/C19H19BN4OS/c1-2-11-26-19-22-18-16(23-24-19)14-5-3-4-6-15(14)21-17(25-18)12-7-9-13(20)10-8-12/h3-10,17,21H,2,11,20H2,1H3. The van der Waals surface area contributed by atoms with Gasteiger partial charge < -0.3 is 10.1 Å². The number of nitrogens with one attached hydrogen (secondary N) is 1. The Kier molecular flexibility index (Phi) is 4.80. The molecule has 4 rings (SSSR count). The van der Waals surface area contributed by atoms with Crippen molar-refractivity contribution >= 4 is 30.8 Å². The first kappa shape index (κ1) is 16.9. The van der Waals surface area contributed by atoms with E-state index in [2.05, 4.69) is 59.5 Å². The molecule has 0 bridgehead atoms. The summed E-state index contributed by atoms with van der Waals surface area (Å²) in [5, 5.41) is 12.8. The van der Waals surface area contributed by atoms with Crippen molar-refractivity contribution in [2.24, 2.45) is 0 Å². The van der Waals surface area contributed by atoms with Gasteiger partial charge >= 0.3 is 0 Å². The molecule has 1 aliphatic rings. The molecule has 0 fully saturated rings. The molecule has 0 spiro atoms. The summed E-state index contributed by atoms with van der Waals surface area (Å²) in [6, 6.07) is 16.3. The Morgan fingerprint density at radius 1 is 1.12 bits per heavy atom. The van der Waals surface area contributed by atoms with Gasteiger partial charge in [0.1, 0.15) is 7.85 Å². The highest BCUT2D eigenvalue weighted by molar-refractivity contribution is 7.99. The second-order valence-corrected chi connectivity index (χ2v) is 7.26. The molecule has 5 nitrogen and oxygen atoms in total. The van der Waals surface area contributed by atoms with E-state index in [9.17, 15) is 0 Å². The van der Waals surface area contributed by atoms with E-state index in [1.54, 1.807) is 11.8 Å². The Morgan fingerprint density at radius 3 is 2.73 bits per heavy atom. The molecule has 7 heteroatoms. The van der Waals surface area contributed by atoms with Crippen molar-refractivity contribution in [3.63, 3.8) is 0 Å². The van der Waals surface area contributed by atoms with Crippen LogP contribution >= 0.6 is 11.8 Å². The minimum Gasteiger partial charge on any atom is -0.448 e. The molecule has 0 saturated heterocycles. The average molecular weight is 362 g/mol. The monoisotopic (exact) mass is 362 g/mol. The lowest BCUT2D eigenvalue weighted by Gasteiger charge is -2.19. The van der Waals surface area contributed by atoms with E-state index >= 15 is 0 Å². The molecule has 26 heavy (non-hydrogen) atoms. The third-order valence-corrected chi connectivity index (χ3v) is 5.19. The Balaban J connectivity index is 1.78. The van der Waals surface area contributed by atoms with E-state index in [4.69, 9.17) is 4.74 Å². The summed E-state index contributed by atoms with van der Waals surface area (Å²) in [6.45, 7) is 2.13. The number of benzene rings is 2. The van der Waals surface area contributed by atoms with Crippen LogP contribution in [0.1, 0.15) is 25.1 Å². The number of thioether (sulfide) groups is 1. The van der Waals surface area contributed by atoms with Gasteiger partial charge in [-0.25, -0.2) is 0 Å². The van der Waals surface area contributed by atoms with Crippen LogP contribution in [-0.4, -0.2) is 28.8 Å². The summed E-state index contributed by atoms with van der Waals surface area (Å²) in [5.41, 5.74) is 4.83.